The molecule has 0 saturated heterocycles. The molecular formula is C76H40F4N4Pt. The van der Waals surface area contributed by atoms with Crippen LogP contribution in [0.5, 0.6) is 0 Å². The van der Waals surface area contributed by atoms with E-state index >= 15 is 17.6 Å². The van der Waals surface area contributed by atoms with Crippen molar-refractivity contribution in [2.24, 2.45) is 0 Å². The molecule has 1 aliphatic carbocycles. The average Bonchev–Trinajstić information content (AvgIpc) is 1.68. The molecule has 4 heterocycles. The maximum Gasteiger partial charge on any atom is 2.00 e. The molecule has 0 spiro atoms. The Kier molecular flexibility index (Phi) is 11.5. The zero-order valence-electron chi connectivity index (χ0n) is 44.7. The first-order valence-corrected chi connectivity index (χ1v) is 27.8. The number of aromatic nitrogens is 4. The number of rotatable bonds is 4. The molecule has 12 aromatic carbocycles. The first-order valence-electron chi connectivity index (χ1n) is 27.8. The fourth-order valence-electron chi connectivity index (χ4n) is 13.0. The Hall–Kier alpha value is -10.3. The molecule has 402 valence electrons. The molecule has 9 heteroatoms. The summed E-state index contributed by atoms with van der Waals surface area (Å²) in [5, 5.41) is 11.0. The van der Waals surface area contributed by atoms with Gasteiger partial charge in [-0.3, -0.25) is 0 Å². The van der Waals surface area contributed by atoms with Crippen LogP contribution in [0.3, 0.4) is 0 Å². The minimum Gasteiger partial charge on any atom is -0.656 e. The van der Waals surface area contributed by atoms with Crippen molar-refractivity contribution in [1.29, 1.82) is 0 Å². The molecule has 0 unspecified atom stereocenters. The zero-order valence-corrected chi connectivity index (χ0v) is 47.0. The van der Waals surface area contributed by atoms with Gasteiger partial charge in [0, 0.05) is 22.3 Å². The molecule has 14 aromatic rings. The molecule has 17 rings (SSSR count). The van der Waals surface area contributed by atoms with Gasteiger partial charge in [-0.1, -0.05) is 146 Å². The molecule has 3 aliphatic rings. The van der Waals surface area contributed by atoms with Gasteiger partial charge >= 0.3 is 21.1 Å². The van der Waals surface area contributed by atoms with Crippen LogP contribution >= 0.6 is 0 Å². The molecule has 4 nitrogen and oxygen atoms in total. The van der Waals surface area contributed by atoms with Crippen LogP contribution in [0.4, 0.5) is 17.6 Å². The topological polar surface area (TPSA) is 54.0 Å². The van der Waals surface area contributed by atoms with Crippen molar-refractivity contribution in [2.45, 2.75) is 0 Å². The number of fused-ring (bicyclic) bond motifs is 4. The maximum atomic E-state index is 15.5. The average molecular weight is 1280 g/mol. The van der Waals surface area contributed by atoms with E-state index in [4.69, 9.17) is 19.9 Å². The van der Waals surface area contributed by atoms with Crippen LogP contribution in [-0.2, 0) is 21.1 Å². The number of halogens is 4. The van der Waals surface area contributed by atoms with E-state index in [1.54, 1.807) is 48.5 Å². The van der Waals surface area contributed by atoms with E-state index in [2.05, 4.69) is 97.1 Å². The summed E-state index contributed by atoms with van der Waals surface area (Å²) in [5.74, 6) is -1.62. The number of benzene rings is 12. The Labute approximate surface area is 497 Å². The van der Waals surface area contributed by atoms with Crippen molar-refractivity contribution >= 4 is 86.7 Å². The van der Waals surface area contributed by atoms with Gasteiger partial charge in [-0.25, -0.2) is 27.5 Å². The van der Waals surface area contributed by atoms with Gasteiger partial charge in [0.15, 0.2) is 0 Å². The summed E-state index contributed by atoms with van der Waals surface area (Å²) < 4.78 is 61.9. The number of hydrogen-bond donors (Lipinski definition) is 0. The van der Waals surface area contributed by atoms with Crippen molar-refractivity contribution in [3.05, 3.63) is 266 Å². The fourth-order valence-corrected chi connectivity index (χ4v) is 13.0. The van der Waals surface area contributed by atoms with E-state index in [1.165, 1.54) is 48.5 Å². The van der Waals surface area contributed by atoms with Gasteiger partial charge in [-0.05, 0) is 206 Å². The molecule has 0 N–H and O–H groups in total. The normalized spacial score (nSPS) is 11.9. The van der Waals surface area contributed by atoms with Crippen molar-refractivity contribution in [1.82, 2.24) is 19.9 Å². The largest absolute Gasteiger partial charge is 2.00 e. The summed E-state index contributed by atoms with van der Waals surface area (Å²) in [6, 6.07) is 76.0. The number of hydrogen-bond acceptors (Lipinski definition) is 2. The monoisotopic (exact) mass is 1280 g/mol. The van der Waals surface area contributed by atoms with Crippen LogP contribution in [0.15, 0.2) is 243 Å². The van der Waals surface area contributed by atoms with E-state index in [9.17, 15) is 0 Å². The van der Waals surface area contributed by atoms with E-state index in [-0.39, 0.29) is 21.1 Å². The predicted molar refractivity (Wildman–Crippen MR) is 334 cm³/mol. The molecule has 0 radical (unpaired) electrons. The minimum absolute atomic E-state index is 0. The van der Waals surface area contributed by atoms with E-state index in [0.717, 1.165) is 86.9 Å². The van der Waals surface area contributed by atoms with Gasteiger partial charge in [0.1, 0.15) is 23.3 Å². The van der Waals surface area contributed by atoms with Gasteiger partial charge in [0.05, 0.1) is 22.8 Å². The van der Waals surface area contributed by atoms with Crippen molar-refractivity contribution in [3.8, 4) is 89.5 Å². The smallest absolute Gasteiger partial charge is 0.656 e. The van der Waals surface area contributed by atoms with Crippen LogP contribution in [0.1, 0.15) is 0 Å². The van der Waals surface area contributed by atoms with Crippen molar-refractivity contribution < 1.29 is 38.6 Å². The summed E-state index contributed by atoms with van der Waals surface area (Å²) in [7, 11) is 0. The second-order valence-corrected chi connectivity index (χ2v) is 21.7. The first kappa shape index (κ1) is 50.5. The maximum absolute atomic E-state index is 15.5. The van der Waals surface area contributed by atoms with Crippen LogP contribution < -0.4 is 9.97 Å². The Morgan fingerprint density at radius 1 is 0.235 bits per heavy atom. The van der Waals surface area contributed by atoms with E-state index in [0.29, 0.717) is 89.4 Å². The van der Waals surface area contributed by atoms with Crippen LogP contribution in [0.25, 0.3) is 176 Å². The van der Waals surface area contributed by atoms with Crippen molar-refractivity contribution in [3.63, 3.8) is 0 Å². The third-order valence-corrected chi connectivity index (χ3v) is 16.9. The standard InChI is InChI=1S/C76H40F4N4.Pt/c77-53-25-17-41(18-26-53)65-69-57-33-45-9-1-2-10-46(45)34-58(57)70(81-69)66(42-19-27-54(78)28-20-42)72-61-37-49-13-5-6-14-50(49)38-62(61)74(83-72)68(44-23-31-56(80)32-24-44)76-64-40-52-16-8-7-15-51(52)39-63(64)75(84-76)67(43-21-29-55(79)30-22-43)73-60-36-48-12-4-3-11-47(48)35-59(60)71(65)82-73;/h1-40H;/q-2;+2. The first-order chi connectivity index (χ1) is 41.2. The Balaban J connectivity index is 0.00000588. The van der Waals surface area contributed by atoms with Gasteiger partial charge in [0.25, 0.3) is 0 Å². The van der Waals surface area contributed by atoms with Crippen molar-refractivity contribution in [2.75, 3.05) is 0 Å². The summed E-state index contributed by atoms with van der Waals surface area (Å²) in [6.45, 7) is 0. The van der Waals surface area contributed by atoms with Crippen LogP contribution in [0, 0.1) is 23.3 Å². The Morgan fingerprint density at radius 2 is 0.424 bits per heavy atom. The summed E-state index contributed by atoms with van der Waals surface area (Å²) in [6.07, 6.45) is 0. The molecule has 85 heavy (non-hydrogen) atoms. The minimum atomic E-state index is -0.405. The van der Waals surface area contributed by atoms with Gasteiger partial charge in [-0.15, -0.1) is 22.1 Å². The summed E-state index contributed by atoms with van der Waals surface area (Å²) in [4.78, 5) is 23.7. The molecular weight excluding hydrogens is 1240 g/mol. The number of nitrogens with zero attached hydrogens (tertiary/aromatic N) is 4. The van der Waals surface area contributed by atoms with E-state index in [1.807, 2.05) is 48.5 Å². The van der Waals surface area contributed by atoms with E-state index < -0.39 is 23.3 Å². The molecule has 2 aliphatic heterocycles. The Morgan fingerprint density at radius 3 is 0.624 bits per heavy atom. The summed E-state index contributed by atoms with van der Waals surface area (Å²) in [5.41, 5.74) is 13.1. The molecule has 2 aromatic heterocycles. The molecule has 0 atom stereocenters. The van der Waals surface area contributed by atoms with Gasteiger partial charge in [-0.2, -0.15) is 0 Å². The van der Waals surface area contributed by atoms with Gasteiger partial charge in [0.2, 0.25) is 0 Å². The summed E-state index contributed by atoms with van der Waals surface area (Å²) >= 11 is 0. The molecule has 0 saturated carbocycles. The SMILES string of the molecule is Fc1ccc(-c2c3nc(c(-c4ccc(F)cc4)c4[n-]c(c(-c5ccc(F)cc5)c5nc(c(-c6ccc(F)cc6)c6[n-]c2c2cc7ccccc7cc62)-c2cc6ccccc6cc2-5)c2cc5ccccc5cc42)-c2cc4ccccc4cc2-3)cc1.[Pt+2]. The molecule has 0 fully saturated rings. The van der Waals surface area contributed by atoms with Crippen LogP contribution in [0.2, 0.25) is 0 Å². The second kappa shape index (κ2) is 19.4. The van der Waals surface area contributed by atoms with Gasteiger partial charge < -0.3 is 9.97 Å². The zero-order chi connectivity index (χ0) is 55.9. The molecule has 0 amide bonds. The second-order valence-electron chi connectivity index (χ2n) is 21.7. The third kappa shape index (κ3) is 8.00. The third-order valence-electron chi connectivity index (χ3n) is 16.9. The quantitative estimate of drug-likeness (QED) is 0.165. The Bertz CT molecular complexity index is 4840. The predicted octanol–water partition coefficient (Wildman–Crippen LogP) is 20.4. The fraction of sp³-hybridized carbons (Fsp3) is 0. The van der Waals surface area contributed by atoms with Crippen LogP contribution in [-0.4, -0.2) is 9.97 Å². The molecule has 8 bridgehead atoms.